The zero-order valence-corrected chi connectivity index (χ0v) is 15.3. The van der Waals surface area contributed by atoms with Gasteiger partial charge >= 0.3 is 0 Å². The van der Waals surface area contributed by atoms with Gasteiger partial charge in [0.25, 0.3) is 0 Å². The topological polar surface area (TPSA) is 78.1 Å². The summed E-state index contributed by atoms with van der Waals surface area (Å²) in [5.74, 6) is 1.73. The Morgan fingerprint density at radius 1 is 1.15 bits per heavy atom. The lowest BCUT2D eigenvalue weighted by molar-refractivity contribution is 0.227. The zero-order chi connectivity index (χ0) is 18.8. The van der Waals surface area contributed by atoms with Gasteiger partial charge in [-0.2, -0.15) is 0 Å². The normalized spacial score (nSPS) is 15.2. The van der Waals surface area contributed by atoms with E-state index in [2.05, 4.69) is 6.92 Å². The second-order valence-corrected chi connectivity index (χ2v) is 5.88. The van der Waals surface area contributed by atoms with Crippen molar-refractivity contribution in [1.82, 2.24) is 0 Å². The number of ether oxygens (including phenoxy) is 3. The predicted octanol–water partition coefficient (Wildman–Crippen LogP) is 3.29. The van der Waals surface area contributed by atoms with Crippen LogP contribution in [0.15, 0.2) is 33.5 Å². The highest BCUT2D eigenvalue weighted by Crippen LogP contribution is 2.41. The molecule has 2 aromatic carbocycles. The lowest BCUT2D eigenvalue weighted by atomic mass is 10.0. The number of benzene rings is 2. The van der Waals surface area contributed by atoms with Crippen LogP contribution in [0.3, 0.4) is 0 Å². The Morgan fingerprint density at radius 2 is 1.88 bits per heavy atom. The molecule has 0 radical (unpaired) electrons. The zero-order valence-electron chi connectivity index (χ0n) is 15.3. The fourth-order valence-corrected chi connectivity index (χ4v) is 3.31. The van der Waals surface area contributed by atoms with Crippen LogP contribution in [0.4, 0.5) is 0 Å². The number of aliphatic hydroxyl groups is 1. The monoisotopic (exact) mass is 358 g/mol. The van der Waals surface area contributed by atoms with Crippen molar-refractivity contribution in [2.75, 3.05) is 21.3 Å². The van der Waals surface area contributed by atoms with Gasteiger partial charge in [0.2, 0.25) is 5.43 Å². The van der Waals surface area contributed by atoms with Crippen LogP contribution in [0.25, 0.3) is 21.9 Å². The smallest absolute Gasteiger partial charge is 0.204 e. The first-order valence-corrected chi connectivity index (χ1v) is 8.42. The molecule has 1 aliphatic rings. The molecule has 4 rings (SSSR count). The Kier molecular flexibility index (Phi) is 5.04. The maximum Gasteiger partial charge on any atom is 0.204 e. The number of hydrogen-bond donors (Lipinski definition) is 1. The predicted molar refractivity (Wildman–Crippen MR) is 99.6 cm³/mol. The summed E-state index contributed by atoms with van der Waals surface area (Å²) in [6, 6.07) is 7.08. The Hall–Kier alpha value is -2.73. The Bertz CT molecular complexity index is 1000. The number of aliphatic hydroxyl groups excluding tert-OH is 1. The molecule has 1 aliphatic heterocycles. The van der Waals surface area contributed by atoms with E-state index >= 15 is 0 Å². The molecule has 0 spiro atoms. The van der Waals surface area contributed by atoms with E-state index in [0.717, 1.165) is 31.3 Å². The number of methoxy groups -OCH3 is 2. The highest BCUT2D eigenvalue weighted by atomic mass is 16.5. The minimum atomic E-state index is -0.121. The molecule has 0 amide bonds. The van der Waals surface area contributed by atoms with Crippen molar-refractivity contribution >= 4 is 21.9 Å². The third-order valence-corrected chi connectivity index (χ3v) is 4.58. The van der Waals surface area contributed by atoms with Crippen molar-refractivity contribution in [2.24, 2.45) is 0 Å². The van der Waals surface area contributed by atoms with Crippen LogP contribution in [0, 0.1) is 0 Å². The maximum absolute atomic E-state index is 13.1. The van der Waals surface area contributed by atoms with Crippen LogP contribution in [-0.4, -0.2) is 32.5 Å². The third kappa shape index (κ3) is 2.66. The fraction of sp³-hybridized carbons (Fsp3) is 0.350. The second kappa shape index (κ2) is 7.25. The quantitative estimate of drug-likeness (QED) is 0.724. The SMILES string of the molecule is CC[C@H]1Cc2c(cc(OC)c3c(=O)c4cccc(OC)c4oc23)O1.CO. The fourth-order valence-electron chi connectivity index (χ4n) is 3.31. The van der Waals surface area contributed by atoms with E-state index in [9.17, 15) is 4.79 Å². The van der Waals surface area contributed by atoms with E-state index in [0.29, 0.717) is 33.4 Å². The van der Waals surface area contributed by atoms with Crippen molar-refractivity contribution in [2.45, 2.75) is 25.9 Å². The van der Waals surface area contributed by atoms with Crippen LogP contribution in [0.2, 0.25) is 0 Å². The van der Waals surface area contributed by atoms with Crippen molar-refractivity contribution in [3.8, 4) is 17.2 Å². The molecule has 138 valence electrons. The molecule has 3 aromatic rings. The molecular weight excluding hydrogens is 336 g/mol. The Balaban J connectivity index is 0.000000948. The molecule has 0 saturated heterocycles. The highest BCUT2D eigenvalue weighted by Gasteiger charge is 2.29. The van der Waals surface area contributed by atoms with Crippen LogP contribution in [-0.2, 0) is 6.42 Å². The number of fused-ring (bicyclic) bond motifs is 4. The number of hydrogen-bond acceptors (Lipinski definition) is 6. The van der Waals surface area contributed by atoms with Gasteiger partial charge in [0, 0.05) is 25.2 Å². The molecule has 1 atom stereocenters. The minimum Gasteiger partial charge on any atom is -0.496 e. The summed E-state index contributed by atoms with van der Waals surface area (Å²) in [7, 11) is 4.10. The van der Waals surface area contributed by atoms with Crippen LogP contribution >= 0.6 is 0 Å². The van der Waals surface area contributed by atoms with Gasteiger partial charge in [-0.1, -0.05) is 13.0 Å². The van der Waals surface area contributed by atoms with Gasteiger partial charge in [0.15, 0.2) is 11.3 Å². The van der Waals surface area contributed by atoms with Gasteiger partial charge in [-0.25, -0.2) is 0 Å². The maximum atomic E-state index is 13.1. The lowest BCUT2D eigenvalue weighted by Gasteiger charge is -2.11. The summed E-state index contributed by atoms with van der Waals surface area (Å²) in [5.41, 5.74) is 1.78. The summed E-state index contributed by atoms with van der Waals surface area (Å²) < 4.78 is 22.9. The van der Waals surface area contributed by atoms with Gasteiger partial charge in [-0.05, 0) is 18.6 Å². The Labute approximate surface area is 150 Å². The molecule has 1 aromatic heterocycles. The standard InChI is InChI=1S/C19H18O5.CH4O/c1-4-10-8-12-14(23-10)9-15(22-3)16-17(20)11-6-5-7-13(21-2)18(11)24-19(12)16;1-2/h5-7,9-10H,4,8H2,1-3H3;2H,1H3/t10-;/m0./s1. The van der Waals surface area contributed by atoms with Crippen LogP contribution in [0.5, 0.6) is 17.2 Å². The first-order valence-electron chi connectivity index (χ1n) is 8.42. The number of para-hydroxylation sites is 1. The summed E-state index contributed by atoms with van der Waals surface area (Å²) in [6.07, 6.45) is 1.70. The average Bonchev–Trinajstić information content (AvgIpc) is 3.12. The molecule has 2 heterocycles. The summed E-state index contributed by atoms with van der Waals surface area (Å²) in [5, 5.41) is 7.93. The minimum absolute atomic E-state index is 0.0916. The molecule has 6 nitrogen and oxygen atoms in total. The average molecular weight is 358 g/mol. The number of rotatable bonds is 3. The molecule has 1 N–H and O–H groups in total. The van der Waals surface area contributed by atoms with E-state index < -0.39 is 0 Å². The van der Waals surface area contributed by atoms with Crippen LogP contribution < -0.4 is 19.6 Å². The van der Waals surface area contributed by atoms with E-state index in [1.54, 1.807) is 38.5 Å². The van der Waals surface area contributed by atoms with E-state index in [1.807, 2.05) is 0 Å². The molecular formula is C20H22O6. The second-order valence-electron chi connectivity index (χ2n) is 5.88. The Morgan fingerprint density at radius 3 is 2.54 bits per heavy atom. The van der Waals surface area contributed by atoms with Crippen molar-refractivity contribution in [3.05, 3.63) is 40.1 Å². The highest BCUT2D eigenvalue weighted by molar-refractivity contribution is 5.97. The van der Waals surface area contributed by atoms with E-state index in [-0.39, 0.29) is 11.5 Å². The van der Waals surface area contributed by atoms with Crippen molar-refractivity contribution < 1.29 is 23.7 Å². The molecule has 0 bridgehead atoms. The first-order chi connectivity index (χ1) is 12.7. The largest absolute Gasteiger partial charge is 0.496 e. The summed E-state index contributed by atoms with van der Waals surface area (Å²) >= 11 is 0. The van der Waals surface area contributed by atoms with Gasteiger partial charge < -0.3 is 23.7 Å². The molecule has 0 aliphatic carbocycles. The molecule has 0 saturated carbocycles. The van der Waals surface area contributed by atoms with E-state index in [4.69, 9.17) is 23.7 Å². The van der Waals surface area contributed by atoms with Gasteiger partial charge in [0.1, 0.15) is 28.6 Å². The first kappa shape index (κ1) is 18.1. The summed E-state index contributed by atoms with van der Waals surface area (Å²) in [4.78, 5) is 13.1. The molecule has 0 unspecified atom stereocenters. The molecule has 26 heavy (non-hydrogen) atoms. The third-order valence-electron chi connectivity index (χ3n) is 4.58. The van der Waals surface area contributed by atoms with Gasteiger partial charge in [-0.15, -0.1) is 0 Å². The summed E-state index contributed by atoms with van der Waals surface area (Å²) in [6.45, 7) is 2.07. The lowest BCUT2D eigenvalue weighted by Crippen LogP contribution is -2.10. The van der Waals surface area contributed by atoms with Crippen molar-refractivity contribution in [1.29, 1.82) is 0 Å². The van der Waals surface area contributed by atoms with Crippen LogP contribution in [0.1, 0.15) is 18.9 Å². The van der Waals surface area contributed by atoms with Crippen molar-refractivity contribution in [3.63, 3.8) is 0 Å². The van der Waals surface area contributed by atoms with Gasteiger partial charge in [-0.3, -0.25) is 4.79 Å². The molecule has 0 fully saturated rings. The molecule has 6 heteroatoms. The van der Waals surface area contributed by atoms with E-state index in [1.165, 1.54) is 0 Å². The van der Waals surface area contributed by atoms with Gasteiger partial charge in [0.05, 0.1) is 19.6 Å².